The Bertz CT molecular complexity index is 752. The van der Waals surface area contributed by atoms with Crippen molar-refractivity contribution in [3.8, 4) is 0 Å². The van der Waals surface area contributed by atoms with Crippen LogP contribution in [0.3, 0.4) is 0 Å². The van der Waals surface area contributed by atoms with Gasteiger partial charge < -0.3 is 15.1 Å². The zero-order chi connectivity index (χ0) is 17.8. The molecule has 0 atom stereocenters. The molecule has 8 heteroatoms. The van der Waals surface area contributed by atoms with Crippen LogP contribution in [-0.2, 0) is 13.6 Å². The Morgan fingerprint density at radius 3 is 2.58 bits per heavy atom. The number of nitrogens with zero attached hydrogens (tertiary/aromatic N) is 5. The molecule has 1 aliphatic rings. The molecule has 2 heterocycles. The van der Waals surface area contributed by atoms with Crippen LogP contribution in [0.25, 0.3) is 0 Å². The van der Waals surface area contributed by atoms with Crippen molar-refractivity contribution < 1.29 is 0 Å². The van der Waals surface area contributed by atoms with Crippen molar-refractivity contribution >= 4 is 47.2 Å². The molecule has 26 heavy (non-hydrogen) atoms. The van der Waals surface area contributed by atoms with E-state index in [1.807, 2.05) is 37.1 Å². The summed E-state index contributed by atoms with van der Waals surface area (Å²) < 4.78 is 1.88. The van der Waals surface area contributed by atoms with Crippen LogP contribution in [0.4, 0.5) is 5.69 Å². The first kappa shape index (κ1) is 20.8. The van der Waals surface area contributed by atoms with Crippen molar-refractivity contribution in [1.82, 2.24) is 20.0 Å². The zero-order valence-corrected chi connectivity index (χ0v) is 18.5. The van der Waals surface area contributed by atoms with Crippen LogP contribution in [0.15, 0.2) is 35.5 Å². The molecule has 142 valence electrons. The van der Waals surface area contributed by atoms with Crippen LogP contribution in [-0.4, -0.2) is 53.9 Å². The summed E-state index contributed by atoms with van der Waals surface area (Å²) in [4.78, 5) is 9.13. The van der Waals surface area contributed by atoms with Crippen LogP contribution in [0.5, 0.6) is 0 Å². The Morgan fingerprint density at radius 2 is 1.96 bits per heavy atom. The lowest BCUT2D eigenvalue weighted by molar-refractivity contribution is 0.371. The molecule has 1 saturated heterocycles. The van der Waals surface area contributed by atoms with Gasteiger partial charge in [-0.3, -0.25) is 9.67 Å². The van der Waals surface area contributed by atoms with Gasteiger partial charge in [0.2, 0.25) is 0 Å². The highest BCUT2D eigenvalue weighted by Crippen LogP contribution is 2.25. The summed E-state index contributed by atoms with van der Waals surface area (Å²) in [7, 11) is 3.78. The van der Waals surface area contributed by atoms with E-state index >= 15 is 0 Å². The first-order valence-corrected chi connectivity index (χ1v) is 8.90. The Balaban J connectivity index is 0.00000243. The molecule has 1 aromatic carbocycles. The number of benzene rings is 1. The van der Waals surface area contributed by atoms with Gasteiger partial charge in [-0.1, -0.05) is 17.7 Å². The molecule has 0 amide bonds. The first-order valence-electron chi connectivity index (χ1n) is 8.52. The van der Waals surface area contributed by atoms with Crippen molar-refractivity contribution in [3.05, 3.63) is 46.7 Å². The van der Waals surface area contributed by atoms with E-state index in [9.17, 15) is 0 Å². The number of guanidine groups is 1. The van der Waals surface area contributed by atoms with E-state index in [0.717, 1.165) is 49.4 Å². The number of aliphatic imine (C=N–C) groups is 1. The predicted molar refractivity (Wildman–Crippen MR) is 119 cm³/mol. The van der Waals surface area contributed by atoms with Crippen LogP contribution < -0.4 is 10.2 Å². The summed E-state index contributed by atoms with van der Waals surface area (Å²) in [5.74, 6) is 0.934. The maximum Gasteiger partial charge on any atom is 0.194 e. The third-order valence-electron chi connectivity index (χ3n) is 4.65. The minimum atomic E-state index is 0. The Hall–Kier alpha value is -1.48. The topological polar surface area (TPSA) is 48.7 Å². The maximum absolute atomic E-state index is 6.17. The molecular formula is C18H26ClIN6. The number of hydrogen-bond donors (Lipinski definition) is 1. The van der Waals surface area contributed by atoms with Gasteiger partial charge >= 0.3 is 0 Å². The SMILES string of the molecule is CN=C(NCc1ccnn1C)N1CCN(c2cc(Cl)ccc2C)CC1.I. The van der Waals surface area contributed by atoms with Crippen LogP contribution >= 0.6 is 35.6 Å². The number of halogens is 2. The number of aromatic nitrogens is 2. The summed E-state index contributed by atoms with van der Waals surface area (Å²) in [6, 6.07) is 8.10. The number of hydrogen-bond acceptors (Lipinski definition) is 3. The number of aryl methyl sites for hydroxylation is 2. The Labute approximate surface area is 177 Å². The van der Waals surface area contributed by atoms with Gasteiger partial charge in [-0.05, 0) is 30.7 Å². The van der Waals surface area contributed by atoms with Crippen LogP contribution in [0, 0.1) is 6.92 Å². The average molecular weight is 489 g/mol. The molecule has 2 aromatic rings. The number of piperazine rings is 1. The van der Waals surface area contributed by atoms with Crippen LogP contribution in [0.2, 0.25) is 5.02 Å². The Morgan fingerprint density at radius 1 is 1.23 bits per heavy atom. The third-order valence-corrected chi connectivity index (χ3v) is 4.89. The molecular weight excluding hydrogens is 463 g/mol. The Kier molecular flexibility index (Phi) is 7.57. The molecule has 1 aliphatic heterocycles. The molecule has 0 saturated carbocycles. The lowest BCUT2D eigenvalue weighted by Gasteiger charge is -2.38. The van der Waals surface area contributed by atoms with Gasteiger partial charge in [0.15, 0.2) is 5.96 Å². The molecule has 0 spiro atoms. The highest BCUT2D eigenvalue weighted by Gasteiger charge is 2.21. The fourth-order valence-electron chi connectivity index (χ4n) is 3.16. The molecule has 0 aliphatic carbocycles. The van der Waals surface area contributed by atoms with Gasteiger partial charge in [-0.15, -0.1) is 24.0 Å². The van der Waals surface area contributed by atoms with Crippen molar-refractivity contribution in [2.45, 2.75) is 13.5 Å². The zero-order valence-electron chi connectivity index (χ0n) is 15.4. The van der Waals surface area contributed by atoms with E-state index in [2.05, 4.69) is 44.3 Å². The standard InChI is InChI=1S/C18H25ClN6.HI/c1-14-4-5-15(19)12-17(14)24-8-10-25(11-9-24)18(20-2)21-13-16-6-7-22-23(16)3;/h4-7,12H,8-11,13H2,1-3H3,(H,20,21);1H. The van der Waals surface area contributed by atoms with Crippen LogP contribution in [0.1, 0.15) is 11.3 Å². The molecule has 1 fully saturated rings. The fourth-order valence-corrected chi connectivity index (χ4v) is 3.33. The first-order chi connectivity index (χ1) is 12.1. The molecule has 3 rings (SSSR count). The largest absolute Gasteiger partial charge is 0.368 e. The fraction of sp³-hybridized carbons (Fsp3) is 0.444. The van der Waals surface area contributed by atoms with Crippen molar-refractivity contribution in [2.24, 2.45) is 12.0 Å². The van der Waals surface area contributed by atoms with Gasteiger partial charge in [-0.2, -0.15) is 5.10 Å². The number of anilines is 1. The summed E-state index contributed by atoms with van der Waals surface area (Å²) in [5, 5.41) is 8.42. The van der Waals surface area contributed by atoms with Crippen molar-refractivity contribution in [1.29, 1.82) is 0 Å². The second kappa shape index (κ2) is 9.45. The summed E-state index contributed by atoms with van der Waals surface area (Å²) >= 11 is 6.17. The molecule has 1 aromatic heterocycles. The van der Waals surface area contributed by atoms with E-state index in [1.54, 1.807) is 0 Å². The second-order valence-corrected chi connectivity index (χ2v) is 6.69. The molecule has 0 radical (unpaired) electrons. The predicted octanol–water partition coefficient (Wildman–Crippen LogP) is 2.90. The monoisotopic (exact) mass is 488 g/mol. The van der Waals surface area contributed by atoms with E-state index in [-0.39, 0.29) is 24.0 Å². The van der Waals surface area contributed by atoms with E-state index in [1.165, 1.54) is 11.3 Å². The van der Waals surface area contributed by atoms with E-state index in [4.69, 9.17) is 11.6 Å². The van der Waals surface area contributed by atoms with Gasteiger partial charge in [-0.25, -0.2) is 0 Å². The average Bonchev–Trinajstić information content (AvgIpc) is 3.03. The summed E-state index contributed by atoms with van der Waals surface area (Å²) in [5.41, 5.74) is 3.62. The molecule has 0 unspecified atom stereocenters. The van der Waals surface area contributed by atoms with Gasteiger partial charge in [0, 0.05) is 57.2 Å². The number of rotatable bonds is 3. The normalized spacial score (nSPS) is 15.0. The van der Waals surface area contributed by atoms with E-state index in [0.29, 0.717) is 0 Å². The summed E-state index contributed by atoms with van der Waals surface area (Å²) in [6.07, 6.45) is 1.81. The maximum atomic E-state index is 6.17. The van der Waals surface area contributed by atoms with Crippen molar-refractivity contribution in [2.75, 3.05) is 38.1 Å². The van der Waals surface area contributed by atoms with Crippen molar-refractivity contribution in [3.63, 3.8) is 0 Å². The quantitative estimate of drug-likeness (QED) is 0.410. The number of nitrogens with one attached hydrogen (secondary N) is 1. The van der Waals surface area contributed by atoms with Gasteiger partial charge in [0.05, 0.1) is 12.2 Å². The minimum absolute atomic E-state index is 0. The molecule has 1 N–H and O–H groups in total. The smallest absolute Gasteiger partial charge is 0.194 e. The third kappa shape index (κ3) is 4.82. The van der Waals surface area contributed by atoms with Gasteiger partial charge in [0.25, 0.3) is 0 Å². The minimum Gasteiger partial charge on any atom is -0.368 e. The van der Waals surface area contributed by atoms with Gasteiger partial charge in [0.1, 0.15) is 0 Å². The summed E-state index contributed by atoms with van der Waals surface area (Å²) in [6.45, 7) is 6.61. The lowest BCUT2D eigenvalue weighted by Crippen LogP contribution is -2.52. The highest BCUT2D eigenvalue weighted by atomic mass is 127. The molecule has 6 nitrogen and oxygen atoms in total. The highest BCUT2D eigenvalue weighted by molar-refractivity contribution is 14.0. The van der Waals surface area contributed by atoms with E-state index < -0.39 is 0 Å². The second-order valence-electron chi connectivity index (χ2n) is 6.25. The lowest BCUT2D eigenvalue weighted by atomic mass is 10.1. The molecule has 0 bridgehead atoms.